The zero-order valence-electron chi connectivity index (χ0n) is 20.1. The summed E-state index contributed by atoms with van der Waals surface area (Å²) in [5.41, 5.74) is 3.15. The number of hydrogen-bond acceptors (Lipinski definition) is 4. The molecule has 0 bridgehead atoms. The molecule has 1 heterocycles. The minimum Gasteiger partial charge on any atom is -0.384 e. The fourth-order valence-electron chi connectivity index (χ4n) is 3.38. The zero-order valence-corrected chi connectivity index (χ0v) is 22.4. The smallest absolute Gasteiger partial charge is 0.151 e. The second-order valence-corrected chi connectivity index (χ2v) is 11.9. The van der Waals surface area contributed by atoms with E-state index >= 15 is 0 Å². The highest BCUT2D eigenvalue weighted by Crippen LogP contribution is 2.37. The molecule has 0 atom stereocenters. The van der Waals surface area contributed by atoms with E-state index in [0.29, 0.717) is 27.1 Å². The van der Waals surface area contributed by atoms with Gasteiger partial charge in [-0.25, -0.2) is 13.4 Å². The number of halogens is 2. The van der Waals surface area contributed by atoms with Gasteiger partial charge in [0.15, 0.2) is 9.84 Å². The van der Waals surface area contributed by atoms with Crippen molar-refractivity contribution in [2.24, 2.45) is 0 Å². The van der Waals surface area contributed by atoms with Gasteiger partial charge in [-0.15, -0.1) is 0 Å². The van der Waals surface area contributed by atoms with Crippen LogP contribution in [0.1, 0.15) is 32.0 Å². The third-order valence-corrected chi connectivity index (χ3v) is 6.71. The summed E-state index contributed by atoms with van der Waals surface area (Å²) in [5.74, 6) is 0.428. The quantitative estimate of drug-likeness (QED) is 0.331. The Morgan fingerprint density at radius 1 is 1.14 bits per heavy atom. The highest BCUT2D eigenvalue weighted by atomic mass is 35.5. The first-order valence-electron chi connectivity index (χ1n) is 10.9. The van der Waals surface area contributed by atoms with Gasteiger partial charge in [-0.05, 0) is 56.2 Å². The van der Waals surface area contributed by atoms with Crippen LogP contribution in [-0.2, 0) is 15.4 Å². The molecule has 0 spiro atoms. The SMILES string of the molecule is C=C/C(C)=C\C(=C/CS(C)(=O)=O)c1ccc(-n2cc(C(C)(C)O)nc2-c2c(Cl)cccc2Cl)cc1. The van der Waals surface area contributed by atoms with Crippen molar-refractivity contribution in [3.63, 3.8) is 0 Å². The topological polar surface area (TPSA) is 72.2 Å². The van der Waals surface area contributed by atoms with Crippen molar-refractivity contribution in [3.8, 4) is 17.1 Å². The summed E-state index contributed by atoms with van der Waals surface area (Å²) in [6.07, 6.45) is 8.26. The van der Waals surface area contributed by atoms with Gasteiger partial charge in [0.05, 0.1) is 27.1 Å². The van der Waals surface area contributed by atoms with Crippen LogP contribution in [0, 0.1) is 0 Å². The van der Waals surface area contributed by atoms with Crippen LogP contribution >= 0.6 is 23.2 Å². The molecule has 184 valence electrons. The van der Waals surface area contributed by atoms with Crippen LogP contribution in [0.15, 0.2) is 79.0 Å². The Labute approximate surface area is 217 Å². The molecular formula is C27H28Cl2N2O3S. The Bertz CT molecular complexity index is 1390. The number of benzene rings is 2. The third-order valence-electron chi connectivity index (χ3n) is 5.31. The number of nitrogens with zero attached hydrogens (tertiary/aromatic N) is 2. The Kier molecular flexibility index (Phi) is 8.12. The van der Waals surface area contributed by atoms with Gasteiger partial charge in [0, 0.05) is 18.1 Å². The van der Waals surface area contributed by atoms with Crippen LogP contribution in [0.3, 0.4) is 0 Å². The van der Waals surface area contributed by atoms with Crippen molar-refractivity contribution < 1.29 is 13.5 Å². The van der Waals surface area contributed by atoms with Gasteiger partial charge in [0.25, 0.3) is 0 Å². The summed E-state index contributed by atoms with van der Waals surface area (Å²) in [5, 5.41) is 11.5. The molecule has 0 aliphatic carbocycles. The maximum atomic E-state index is 11.7. The normalized spacial score (nSPS) is 13.2. The average Bonchev–Trinajstić information content (AvgIpc) is 3.21. The predicted octanol–water partition coefficient (Wildman–Crippen LogP) is 6.63. The van der Waals surface area contributed by atoms with Gasteiger partial charge >= 0.3 is 0 Å². The van der Waals surface area contributed by atoms with Crippen LogP contribution in [-0.4, -0.2) is 35.1 Å². The number of aliphatic hydroxyl groups is 1. The van der Waals surface area contributed by atoms with E-state index in [-0.39, 0.29) is 5.75 Å². The van der Waals surface area contributed by atoms with E-state index in [1.54, 1.807) is 50.4 Å². The standard InChI is InChI=1S/C27H28Cl2N2O3S/c1-6-18(2)16-20(14-15-35(5,33)34)19-10-12-21(13-11-19)31-17-24(27(3,4)32)30-26(31)25-22(28)8-7-9-23(25)29/h6-14,16-17,32H,1,15H2,2-5H3/b18-16-,20-14+. The lowest BCUT2D eigenvalue weighted by atomic mass is 10.0. The summed E-state index contributed by atoms with van der Waals surface area (Å²) in [6.45, 7) is 9.00. The first kappa shape index (κ1) is 27.0. The molecule has 3 rings (SSSR count). The highest BCUT2D eigenvalue weighted by Gasteiger charge is 2.25. The van der Waals surface area contributed by atoms with Crippen LogP contribution in [0.5, 0.6) is 0 Å². The molecule has 0 amide bonds. The van der Waals surface area contributed by atoms with Gasteiger partial charge in [-0.3, -0.25) is 4.57 Å². The maximum absolute atomic E-state index is 11.7. The number of imidazole rings is 1. The Morgan fingerprint density at radius 2 is 1.74 bits per heavy atom. The van der Waals surface area contributed by atoms with Crippen LogP contribution in [0.25, 0.3) is 22.6 Å². The predicted molar refractivity (Wildman–Crippen MR) is 146 cm³/mol. The van der Waals surface area contributed by atoms with E-state index in [2.05, 4.69) is 11.6 Å². The Morgan fingerprint density at radius 3 is 2.26 bits per heavy atom. The highest BCUT2D eigenvalue weighted by molar-refractivity contribution is 7.90. The second-order valence-electron chi connectivity index (χ2n) is 8.87. The van der Waals surface area contributed by atoms with Crippen molar-refractivity contribution in [2.75, 3.05) is 12.0 Å². The van der Waals surface area contributed by atoms with Gasteiger partial charge < -0.3 is 5.11 Å². The third kappa shape index (κ3) is 6.73. The molecule has 0 fully saturated rings. The van der Waals surface area contributed by atoms with E-state index in [9.17, 15) is 13.5 Å². The lowest BCUT2D eigenvalue weighted by Crippen LogP contribution is -2.15. The first-order chi connectivity index (χ1) is 16.3. The Balaban J connectivity index is 2.15. The molecule has 2 aromatic carbocycles. The van der Waals surface area contributed by atoms with Gasteiger partial charge in [-0.1, -0.05) is 71.8 Å². The number of aromatic nitrogens is 2. The van der Waals surface area contributed by atoms with Gasteiger partial charge in [0.2, 0.25) is 0 Å². The first-order valence-corrected chi connectivity index (χ1v) is 13.7. The molecule has 35 heavy (non-hydrogen) atoms. The van der Waals surface area contributed by atoms with E-state index < -0.39 is 15.4 Å². The summed E-state index contributed by atoms with van der Waals surface area (Å²) in [4.78, 5) is 4.66. The van der Waals surface area contributed by atoms with Gasteiger partial charge in [0.1, 0.15) is 11.4 Å². The van der Waals surface area contributed by atoms with Gasteiger partial charge in [-0.2, -0.15) is 0 Å². The summed E-state index contributed by atoms with van der Waals surface area (Å²) < 4.78 is 25.3. The van der Waals surface area contributed by atoms with E-state index in [1.165, 1.54) is 6.26 Å². The molecule has 1 N–H and O–H groups in total. The Hall–Kier alpha value is -2.64. The summed E-state index contributed by atoms with van der Waals surface area (Å²) >= 11 is 13.0. The molecule has 0 saturated heterocycles. The van der Waals surface area contributed by atoms with Crippen molar-refractivity contribution in [2.45, 2.75) is 26.4 Å². The van der Waals surface area contributed by atoms with Crippen LogP contribution in [0.2, 0.25) is 10.0 Å². The molecule has 3 aromatic rings. The van der Waals surface area contributed by atoms with Crippen LogP contribution in [0.4, 0.5) is 0 Å². The fourth-order valence-corrected chi connectivity index (χ4v) is 4.43. The van der Waals surface area contributed by atoms with E-state index in [1.807, 2.05) is 41.8 Å². The van der Waals surface area contributed by atoms with Crippen molar-refractivity contribution in [1.29, 1.82) is 0 Å². The van der Waals surface area contributed by atoms with Crippen LogP contribution < -0.4 is 0 Å². The van der Waals surface area contributed by atoms with Crippen molar-refractivity contribution in [3.05, 3.63) is 100 Å². The molecule has 0 saturated carbocycles. The molecule has 0 aliphatic heterocycles. The molecule has 0 unspecified atom stereocenters. The summed E-state index contributed by atoms with van der Waals surface area (Å²) in [7, 11) is -3.17. The number of hydrogen-bond donors (Lipinski definition) is 1. The molecule has 1 aromatic heterocycles. The van der Waals surface area contributed by atoms with E-state index in [0.717, 1.165) is 22.4 Å². The number of allylic oxidation sites excluding steroid dienone is 4. The molecule has 0 aliphatic rings. The number of sulfone groups is 1. The number of rotatable bonds is 8. The lowest BCUT2D eigenvalue weighted by molar-refractivity contribution is 0.0743. The van der Waals surface area contributed by atoms with Crippen molar-refractivity contribution >= 4 is 38.6 Å². The molecular weight excluding hydrogens is 503 g/mol. The molecule has 8 heteroatoms. The molecule has 0 radical (unpaired) electrons. The minimum absolute atomic E-state index is 0.0728. The lowest BCUT2D eigenvalue weighted by Gasteiger charge is -2.13. The molecule has 5 nitrogen and oxygen atoms in total. The largest absolute Gasteiger partial charge is 0.384 e. The summed E-state index contributed by atoms with van der Waals surface area (Å²) in [6, 6.07) is 12.8. The van der Waals surface area contributed by atoms with Crippen molar-refractivity contribution in [1.82, 2.24) is 9.55 Å². The second kappa shape index (κ2) is 10.5. The average molecular weight is 532 g/mol. The monoisotopic (exact) mass is 530 g/mol. The fraction of sp³-hybridized carbons (Fsp3) is 0.222. The van der Waals surface area contributed by atoms with E-state index in [4.69, 9.17) is 23.2 Å². The zero-order chi connectivity index (χ0) is 26.0. The minimum atomic E-state index is -3.17. The maximum Gasteiger partial charge on any atom is 0.151 e.